The molecule has 0 aliphatic heterocycles. The molecule has 1 saturated carbocycles. The maximum atomic E-state index is 5.99. The molecule has 1 aromatic heterocycles. The van der Waals surface area contributed by atoms with Crippen LogP contribution in [0.1, 0.15) is 30.7 Å². The van der Waals surface area contributed by atoms with E-state index in [-0.39, 0.29) is 5.41 Å². The van der Waals surface area contributed by atoms with E-state index < -0.39 is 0 Å². The van der Waals surface area contributed by atoms with E-state index in [4.69, 9.17) is 23.2 Å². The van der Waals surface area contributed by atoms with Crippen molar-refractivity contribution in [3.8, 4) is 0 Å². The maximum absolute atomic E-state index is 5.99. The predicted molar refractivity (Wildman–Crippen MR) is 73.1 cm³/mol. The zero-order valence-corrected chi connectivity index (χ0v) is 11.2. The monoisotopic (exact) mass is 278 g/mol. The first kappa shape index (κ1) is 11.9. The zero-order valence-electron chi connectivity index (χ0n) is 9.74. The van der Waals surface area contributed by atoms with Crippen LogP contribution in [0.4, 0.5) is 0 Å². The van der Waals surface area contributed by atoms with Gasteiger partial charge in [0.1, 0.15) is 16.1 Å². The molecule has 1 aliphatic rings. The highest BCUT2D eigenvalue weighted by Gasteiger charge is 2.43. The third kappa shape index (κ3) is 1.90. The molecule has 1 aliphatic carbocycles. The first-order valence-corrected chi connectivity index (χ1v) is 6.72. The molecule has 0 N–H and O–H groups in total. The lowest BCUT2D eigenvalue weighted by Crippen LogP contribution is -2.37. The van der Waals surface area contributed by atoms with Crippen LogP contribution in [0.25, 0.3) is 0 Å². The van der Waals surface area contributed by atoms with Gasteiger partial charge in [-0.1, -0.05) is 60.0 Å². The fourth-order valence-electron chi connectivity index (χ4n) is 2.53. The molecule has 92 valence electrons. The van der Waals surface area contributed by atoms with Crippen LogP contribution in [0.3, 0.4) is 0 Å². The Morgan fingerprint density at radius 1 is 0.944 bits per heavy atom. The lowest BCUT2D eigenvalue weighted by Gasteiger charge is -2.41. The molecule has 3 rings (SSSR count). The fraction of sp³-hybridized carbons (Fsp3) is 0.286. The van der Waals surface area contributed by atoms with Crippen molar-refractivity contribution in [2.45, 2.75) is 24.7 Å². The van der Waals surface area contributed by atoms with Crippen molar-refractivity contribution in [1.29, 1.82) is 0 Å². The highest BCUT2D eigenvalue weighted by atomic mass is 35.5. The molecule has 1 aromatic carbocycles. The average Bonchev–Trinajstić information content (AvgIpc) is 2.27. The molecule has 0 amide bonds. The second-order valence-corrected chi connectivity index (χ2v) is 5.41. The number of halogens is 2. The van der Waals surface area contributed by atoms with Crippen molar-refractivity contribution in [3.63, 3.8) is 0 Å². The molecular weight excluding hydrogens is 267 g/mol. The van der Waals surface area contributed by atoms with Gasteiger partial charge in [0, 0.05) is 6.07 Å². The summed E-state index contributed by atoms with van der Waals surface area (Å²) in [5, 5.41) is 0.819. The highest BCUT2D eigenvalue weighted by molar-refractivity contribution is 6.33. The van der Waals surface area contributed by atoms with Crippen molar-refractivity contribution in [1.82, 2.24) is 9.97 Å². The Hall–Kier alpha value is -1.12. The Morgan fingerprint density at radius 2 is 1.56 bits per heavy atom. The van der Waals surface area contributed by atoms with Crippen LogP contribution in [-0.2, 0) is 5.41 Å². The Bertz CT molecular complexity index is 545. The minimum atomic E-state index is -0.101. The largest absolute Gasteiger partial charge is 0.220 e. The predicted octanol–water partition coefficient (Wildman–Crippen LogP) is 4.25. The molecule has 0 radical (unpaired) electrons. The Kier molecular flexibility index (Phi) is 3.00. The summed E-state index contributed by atoms with van der Waals surface area (Å²) in [6, 6.07) is 11.9. The van der Waals surface area contributed by atoms with Gasteiger partial charge in [-0.15, -0.1) is 0 Å². The van der Waals surface area contributed by atoms with E-state index in [1.54, 1.807) is 6.07 Å². The maximum Gasteiger partial charge on any atom is 0.142 e. The normalized spacial score (nSPS) is 17.2. The van der Waals surface area contributed by atoms with Gasteiger partial charge in [0.25, 0.3) is 0 Å². The number of aromatic nitrogens is 2. The van der Waals surface area contributed by atoms with E-state index in [1.165, 1.54) is 12.0 Å². The Labute approximate surface area is 116 Å². The van der Waals surface area contributed by atoms with Crippen LogP contribution in [0.5, 0.6) is 0 Å². The lowest BCUT2D eigenvalue weighted by atomic mass is 9.64. The van der Waals surface area contributed by atoms with Crippen molar-refractivity contribution >= 4 is 23.2 Å². The lowest BCUT2D eigenvalue weighted by molar-refractivity contribution is 0.285. The number of hydrogen-bond acceptors (Lipinski definition) is 2. The second-order valence-electron chi connectivity index (χ2n) is 4.64. The summed E-state index contributed by atoms with van der Waals surface area (Å²) in [6.45, 7) is 0. The van der Waals surface area contributed by atoms with E-state index in [0.29, 0.717) is 10.3 Å². The molecular formula is C14H12Cl2N2. The summed E-state index contributed by atoms with van der Waals surface area (Å²) in [6.07, 6.45) is 3.28. The van der Waals surface area contributed by atoms with Crippen molar-refractivity contribution in [2.24, 2.45) is 0 Å². The van der Waals surface area contributed by atoms with Crippen LogP contribution in [-0.4, -0.2) is 9.97 Å². The van der Waals surface area contributed by atoms with Gasteiger partial charge < -0.3 is 0 Å². The molecule has 1 fully saturated rings. The first-order chi connectivity index (χ1) is 8.71. The van der Waals surface area contributed by atoms with E-state index in [2.05, 4.69) is 22.1 Å². The van der Waals surface area contributed by atoms with Gasteiger partial charge in [0.05, 0.1) is 5.41 Å². The van der Waals surface area contributed by atoms with Gasteiger partial charge in [-0.25, -0.2) is 9.97 Å². The van der Waals surface area contributed by atoms with Crippen LogP contribution in [0.15, 0.2) is 36.4 Å². The fourth-order valence-corrected chi connectivity index (χ4v) is 2.96. The van der Waals surface area contributed by atoms with Crippen LogP contribution >= 0.6 is 23.2 Å². The van der Waals surface area contributed by atoms with Gasteiger partial charge in [-0.05, 0) is 18.4 Å². The number of nitrogens with zero attached hydrogens (tertiary/aromatic N) is 2. The summed E-state index contributed by atoms with van der Waals surface area (Å²) in [4.78, 5) is 8.75. The summed E-state index contributed by atoms with van der Waals surface area (Å²) in [5.41, 5.74) is 1.14. The second kappa shape index (κ2) is 4.52. The zero-order chi connectivity index (χ0) is 12.6. The number of hydrogen-bond donors (Lipinski definition) is 0. The van der Waals surface area contributed by atoms with Gasteiger partial charge in [-0.2, -0.15) is 0 Å². The smallest absolute Gasteiger partial charge is 0.142 e. The third-order valence-corrected chi connectivity index (χ3v) is 4.01. The molecule has 0 spiro atoms. The Balaban J connectivity index is 2.12. The molecule has 2 nitrogen and oxygen atoms in total. The molecule has 0 bridgehead atoms. The molecule has 2 aromatic rings. The standard InChI is InChI=1S/C14H12Cl2N2/c15-11-9-12(16)18-13(17-11)14(7-4-8-14)10-5-2-1-3-6-10/h1-3,5-6,9H,4,7-8H2. The van der Waals surface area contributed by atoms with Gasteiger partial charge in [0.2, 0.25) is 0 Å². The van der Waals surface area contributed by atoms with Crippen molar-refractivity contribution in [2.75, 3.05) is 0 Å². The molecule has 0 unspecified atom stereocenters. The summed E-state index contributed by atoms with van der Waals surface area (Å²) < 4.78 is 0. The molecule has 4 heteroatoms. The average molecular weight is 279 g/mol. The summed E-state index contributed by atoms with van der Waals surface area (Å²) in [7, 11) is 0. The van der Waals surface area contributed by atoms with E-state index in [9.17, 15) is 0 Å². The quantitative estimate of drug-likeness (QED) is 0.768. The van der Waals surface area contributed by atoms with Crippen molar-refractivity contribution in [3.05, 3.63) is 58.1 Å². The van der Waals surface area contributed by atoms with Crippen molar-refractivity contribution < 1.29 is 0 Å². The SMILES string of the molecule is Clc1cc(Cl)nc(C2(c3ccccc3)CCC2)n1. The molecule has 0 atom stereocenters. The van der Waals surface area contributed by atoms with E-state index in [0.717, 1.165) is 18.7 Å². The number of rotatable bonds is 2. The minimum absolute atomic E-state index is 0.101. The molecule has 1 heterocycles. The van der Waals surface area contributed by atoms with E-state index in [1.807, 2.05) is 18.2 Å². The highest BCUT2D eigenvalue weighted by Crippen LogP contribution is 2.47. The minimum Gasteiger partial charge on any atom is -0.220 e. The van der Waals surface area contributed by atoms with E-state index >= 15 is 0 Å². The third-order valence-electron chi connectivity index (χ3n) is 3.63. The first-order valence-electron chi connectivity index (χ1n) is 5.97. The topological polar surface area (TPSA) is 25.8 Å². The van der Waals surface area contributed by atoms with Gasteiger partial charge in [0.15, 0.2) is 0 Å². The Morgan fingerprint density at radius 3 is 2.06 bits per heavy atom. The molecule has 0 saturated heterocycles. The van der Waals surface area contributed by atoms with Gasteiger partial charge >= 0.3 is 0 Å². The summed E-state index contributed by atoms with van der Waals surface area (Å²) >= 11 is 12.0. The van der Waals surface area contributed by atoms with Gasteiger partial charge in [-0.3, -0.25) is 0 Å². The van der Waals surface area contributed by atoms with Crippen LogP contribution in [0.2, 0.25) is 10.3 Å². The van der Waals surface area contributed by atoms with Crippen LogP contribution < -0.4 is 0 Å². The number of benzene rings is 1. The van der Waals surface area contributed by atoms with Crippen LogP contribution in [0, 0.1) is 0 Å². The molecule has 18 heavy (non-hydrogen) atoms. The summed E-state index contributed by atoms with van der Waals surface area (Å²) in [5.74, 6) is 0.748.